The highest BCUT2D eigenvalue weighted by atomic mass is 35.5. The molecule has 0 saturated carbocycles. The van der Waals surface area contributed by atoms with Crippen LogP contribution in [0.4, 0.5) is 0 Å². The van der Waals surface area contributed by atoms with Crippen molar-refractivity contribution < 1.29 is 0 Å². The molecule has 1 aromatic carbocycles. The third-order valence-corrected chi connectivity index (χ3v) is 5.24. The minimum Gasteiger partial charge on any atom is -0.118 e. The topological polar surface area (TPSA) is 0 Å². The molecule has 0 N–H and O–H groups in total. The summed E-state index contributed by atoms with van der Waals surface area (Å²) in [6, 6.07) is 9.01. The molecule has 0 radical (unpaired) electrons. The molecule has 0 aliphatic heterocycles. The van der Waals surface area contributed by atoms with Crippen LogP contribution in [-0.4, -0.2) is 0 Å². The summed E-state index contributed by atoms with van der Waals surface area (Å²) in [5.41, 5.74) is 2.96. The quantitative estimate of drug-likeness (QED) is 0.459. The Labute approximate surface area is 130 Å². The average Bonchev–Trinajstić information content (AvgIpc) is 2.46. The lowest BCUT2D eigenvalue weighted by Crippen LogP contribution is -2.15. The second-order valence-corrected chi connectivity index (χ2v) is 7.07. The molecule has 0 saturated heterocycles. The molecular weight excluding hydrogens is 264 g/mol. The van der Waals surface area contributed by atoms with E-state index in [0.29, 0.717) is 5.92 Å². The highest BCUT2D eigenvalue weighted by molar-refractivity contribution is 6.21. The van der Waals surface area contributed by atoms with Crippen LogP contribution < -0.4 is 0 Å². The van der Waals surface area contributed by atoms with Crippen LogP contribution in [0, 0.1) is 5.92 Å². The van der Waals surface area contributed by atoms with Gasteiger partial charge in [0, 0.05) is 0 Å². The van der Waals surface area contributed by atoms with E-state index in [1.54, 1.807) is 0 Å². The molecule has 0 aliphatic rings. The van der Waals surface area contributed by atoms with Crippen molar-refractivity contribution in [3.63, 3.8) is 0 Å². The van der Waals surface area contributed by atoms with Gasteiger partial charge >= 0.3 is 0 Å². The van der Waals surface area contributed by atoms with E-state index in [-0.39, 0.29) is 10.8 Å². The van der Waals surface area contributed by atoms with Gasteiger partial charge in [0.05, 0.1) is 5.38 Å². The van der Waals surface area contributed by atoms with Crippen LogP contribution in [-0.2, 0) is 5.41 Å². The zero-order valence-corrected chi connectivity index (χ0v) is 14.6. The number of rotatable bonds is 8. The van der Waals surface area contributed by atoms with Gasteiger partial charge in [-0.1, -0.05) is 71.7 Å². The number of alkyl halides is 1. The zero-order valence-electron chi connectivity index (χ0n) is 13.9. The fourth-order valence-corrected chi connectivity index (χ4v) is 3.17. The predicted molar refractivity (Wildman–Crippen MR) is 91.7 cm³/mol. The largest absolute Gasteiger partial charge is 0.118 e. The molecule has 0 fully saturated rings. The molecule has 1 aromatic rings. The molecule has 0 bridgehead atoms. The van der Waals surface area contributed by atoms with Crippen LogP contribution in [0.5, 0.6) is 0 Å². The summed E-state index contributed by atoms with van der Waals surface area (Å²) >= 11 is 6.73. The molecule has 0 heterocycles. The molecule has 1 rings (SSSR count). The fourth-order valence-electron chi connectivity index (χ4n) is 2.77. The molecule has 20 heavy (non-hydrogen) atoms. The smallest absolute Gasteiger partial charge is 0.0613 e. The van der Waals surface area contributed by atoms with Gasteiger partial charge in [-0.25, -0.2) is 0 Å². The van der Waals surface area contributed by atoms with E-state index < -0.39 is 0 Å². The zero-order chi connectivity index (χ0) is 15.2. The Bertz CT molecular complexity index is 371. The maximum Gasteiger partial charge on any atom is 0.0613 e. The molecule has 0 aliphatic carbocycles. The molecule has 0 aromatic heterocycles. The van der Waals surface area contributed by atoms with Gasteiger partial charge < -0.3 is 0 Å². The third-order valence-electron chi connectivity index (χ3n) is 4.63. The van der Waals surface area contributed by atoms with Crippen molar-refractivity contribution in [2.24, 2.45) is 5.92 Å². The molecule has 114 valence electrons. The van der Waals surface area contributed by atoms with Crippen molar-refractivity contribution in [1.82, 2.24) is 0 Å². The summed E-state index contributed by atoms with van der Waals surface area (Å²) in [5, 5.41) is 0.161. The van der Waals surface area contributed by atoms with Crippen LogP contribution in [0.3, 0.4) is 0 Å². The normalized spacial score (nSPS) is 13.8. The molecule has 0 spiro atoms. The minimum absolute atomic E-state index is 0.161. The van der Waals surface area contributed by atoms with Gasteiger partial charge in [-0.3, -0.25) is 0 Å². The van der Waals surface area contributed by atoms with Crippen molar-refractivity contribution >= 4 is 11.6 Å². The average molecular weight is 295 g/mol. The van der Waals surface area contributed by atoms with Crippen LogP contribution in [0.2, 0.25) is 0 Å². The SMILES string of the molecule is CCCC(CCC)C(Cl)c1ccc(C(C)(C)CC)cc1. The van der Waals surface area contributed by atoms with Crippen LogP contribution in [0.25, 0.3) is 0 Å². The standard InChI is InChI=1S/C19H31Cl/c1-6-9-15(10-7-2)18(20)16-11-13-17(14-12-16)19(4,5)8-3/h11-15,18H,6-10H2,1-5H3. The van der Waals surface area contributed by atoms with Crippen LogP contribution >= 0.6 is 11.6 Å². The Hall–Kier alpha value is -0.490. The van der Waals surface area contributed by atoms with Crippen molar-refractivity contribution in [1.29, 1.82) is 0 Å². The monoisotopic (exact) mass is 294 g/mol. The van der Waals surface area contributed by atoms with Crippen LogP contribution in [0.15, 0.2) is 24.3 Å². The van der Waals surface area contributed by atoms with E-state index in [0.717, 1.165) is 6.42 Å². The Balaban J connectivity index is 2.86. The number of halogens is 1. The van der Waals surface area contributed by atoms with Gasteiger partial charge in [-0.2, -0.15) is 0 Å². The van der Waals surface area contributed by atoms with E-state index in [4.69, 9.17) is 11.6 Å². The lowest BCUT2D eigenvalue weighted by molar-refractivity contribution is 0.426. The van der Waals surface area contributed by atoms with Crippen molar-refractivity contribution in [2.45, 2.75) is 77.5 Å². The molecule has 1 atom stereocenters. The summed E-state index contributed by atoms with van der Waals surface area (Å²) in [4.78, 5) is 0. The van der Waals surface area contributed by atoms with Gasteiger partial charge in [-0.15, -0.1) is 11.6 Å². The Morgan fingerprint density at radius 3 is 1.85 bits per heavy atom. The fraction of sp³-hybridized carbons (Fsp3) is 0.684. The maximum atomic E-state index is 6.73. The van der Waals surface area contributed by atoms with E-state index in [2.05, 4.69) is 58.9 Å². The van der Waals surface area contributed by atoms with E-state index in [1.807, 2.05) is 0 Å². The van der Waals surface area contributed by atoms with Crippen molar-refractivity contribution in [3.05, 3.63) is 35.4 Å². The highest BCUT2D eigenvalue weighted by Gasteiger charge is 2.21. The van der Waals surface area contributed by atoms with Gasteiger partial charge in [0.25, 0.3) is 0 Å². The second-order valence-electron chi connectivity index (χ2n) is 6.60. The summed E-state index contributed by atoms with van der Waals surface area (Å²) in [7, 11) is 0. The highest BCUT2D eigenvalue weighted by Crippen LogP contribution is 2.36. The summed E-state index contributed by atoms with van der Waals surface area (Å²) < 4.78 is 0. The first kappa shape index (κ1) is 17.6. The van der Waals surface area contributed by atoms with Gasteiger partial charge in [0.2, 0.25) is 0 Å². The molecule has 1 heteroatoms. The first-order chi connectivity index (χ1) is 9.46. The molecule has 0 amide bonds. The minimum atomic E-state index is 0.161. The van der Waals surface area contributed by atoms with Crippen molar-refractivity contribution in [3.8, 4) is 0 Å². The molecule has 0 nitrogen and oxygen atoms in total. The Morgan fingerprint density at radius 2 is 1.45 bits per heavy atom. The van der Waals surface area contributed by atoms with Crippen LogP contribution in [0.1, 0.15) is 83.2 Å². The maximum absolute atomic E-state index is 6.73. The number of hydrogen-bond acceptors (Lipinski definition) is 0. The summed E-state index contributed by atoms with van der Waals surface area (Å²) in [6.45, 7) is 11.4. The number of hydrogen-bond donors (Lipinski definition) is 0. The lowest BCUT2D eigenvalue weighted by atomic mass is 9.81. The predicted octanol–water partition coefficient (Wildman–Crippen LogP) is 6.87. The van der Waals surface area contributed by atoms with Gasteiger partial charge in [0.1, 0.15) is 0 Å². The summed E-state index contributed by atoms with van der Waals surface area (Å²) in [5.74, 6) is 0.608. The van der Waals surface area contributed by atoms with Gasteiger partial charge in [0.15, 0.2) is 0 Å². The van der Waals surface area contributed by atoms with Gasteiger partial charge in [-0.05, 0) is 41.7 Å². The first-order valence-electron chi connectivity index (χ1n) is 8.20. The summed E-state index contributed by atoms with van der Waals surface area (Å²) in [6.07, 6.45) is 6.04. The third kappa shape index (κ3) is 4.52. The Morgan fingerprint density at radius 1 is 0.950 bits per heavy atom. The van der Waals surface area contributed by atoms with E-state index >= 15 is 0 Å². The first-order valence-corrected chi connectivity index (χ1v) is 8.64. The van der Waals surface area contributed by atoms with Crippen molar-refractivity contribution in [2.75, 3.05) is 0 Å². The van der Waals surface area contributed by atoms with E-state index in [9.17, 15) is 0 Å². The molecule has 1 unspecified atom stereocenters. The number of benzene rings is 1. The second kappa shape index (κ2) is 8.08. The lowest BCUT2D eigenvalue weighted by Gasteiger charge is -2.25. The molecular formula is C19H31Cl. The van der Waals surface area contributed by atoms with E-state index in [1.165, 1.54) is 36.8 Å². The Kier molecular flexibility index (Phi) is 7.09.